The van der Waals surface area contributed by atoms with Crippen molar-refractivity contribution in [1.82, 2.24) is 89.6 Å². The highest BCUT2D eigenvalue weighted by Crippen LogP contribution is 2.29. The number of carboxylic acid groups (broad SMARTS) is 2. The summed E-state index contributed by atoms with van der Waals surface area (Å²) in [4.78, 5) is 266. The number of nitrogens with two attached hydrogens (primary N) is 4. The molecule has 2 aliphatic rings. The number of aliphatic carboxylic acids is 2. The third kappa shape index (κ3) is 37.8. The highest BCUT2D eigenvalue weighted by atomic mass is 32.2. The average Bonchev–Trinajstić information content (AvgIpc) is 1.77. The summed E-state index contributed by atoms with van der Waals surface area (Å²) in [6, 6.07) is 4.69. The van der Waals surface area contributed by atoms with E-state index in [1.807, 2.05) is 30.3 Å². The Kier molecular flexibility index (Phi) is 47.7. The van der Waals surface area contributed by atoms with E-state index in [2.05, 4.69) is 84.7 Å². The number of carbonyl (C=O) groups is 18. The molecule has 28 N–H and O–H groups in total. The Labute approximate surface area is 841 Å². The second-order valence-electron chi connectivity index (χ2n) is 37.8. The fourth-order valence-electron chi connectivity index (χ4n) is 16.6. The number of likely N-dealkylation sites (N-methyl/N-ethyl adjacent to an activating group) is 1. The Morgan fingerprint density at radius 1 is 0.486 bits per heavy atom. The number of thioether (sulfide) groups is 1. The van der Waals surface area contributed by atoms with Crippen LogP contribution in [0.5, 0.6) is 5.75 Å². The largest absolute Gasteiger partial charge is 0.482 e. The first-order valence-electron chi connectivity index (χ1n) is 48.7. The number of amides is 16. The molecule has 5 aromatic rings. The topological polar surface area (TPSA) is 705 Å². The number of hydrogen-bond acceptors (Lipinski definition) is 24. The number of unbranched alkanes of at least 4 members (excludes halogenated alkanes) is 1. The number of H-pyrrole nitrogens is 1. The summed E-state index contributed by atoms with van der Waals surface area (Å²) in [6.07, 6.45) is 2.98. The van der Waals surface area contributed by atoms with Crippen LogP contribution < -0.4 is 107 Å². The maximum atomic E-state index is 15.5. The highest BCUT2D eigenvalue weighted by Gasteiger charge is 2.42. The summed E-state index contributed by atoms with van der Waals surface area (Å²) in [7, 11) is 1.23. The number of ether oxygens (including phenoxy) is 1. The van der Waals surface area contributed by atoms with Gasteiger partial charge in [0.15, 0.2) is 12.6 Å². The van der Waals surface area contributed by atoms with Gasteiger partial charge in [-0.25, -0.2) is 4.79 Å². The van der Waals surface area contributed by atoms with Gasteiger partial charge < -0.3 is 133 Å². The zero-order valence-corrected chi connectivity index (χ0v) is 84.0. The summed E-state index contributed by atoms with van der Waals surface area (Å²) in [6.45, 7) is 12.3. The number of aliphatic hydroxyl groups is 1. The number of nitrogens with one attached hydrogen (secondary N) is 17. The molecule has 7 rings (SSSR count). The lowest BCUT2D eigenvalue weighted by Gasteiger charge is -2.31. The molecule has 0 bridgehead atoms. The van der Waals surface area contributed by atoms with Gasteiger partial charge in [-0.1, -0.05) is 172 Å². The van der Waals surface area contributed by atoms with Crippen LogP contribution in [0.1, 0.15) is 169 Å². The first kappa shape index (κ1) is 117. The molecule has 788 valence electrons. The Morgan fingerprint density at radius 2 is 0.951 bits per heavy atom. The molecule has 0 unspecified atom stereocenters. The molecule has 1 aliphatic heterocycles. The zero-order chi connectivity index (χ0) is 106. The van der Waals surface area contributed by atoms with E-state index < -0.39 is 252 Å². The van der Waals surface area contributed by atoms with Crippen LogP contribution in [0.4, 0.5) is 0 Å². The summed E-state index contributed by atoms with van der Waals surface area (Å²) in [5, 5.41) is 78.9. The number of para-hydroxylation sites is 1. The normalized spacial score (nSPS) is 23.4. The smallest absolute Gasteiger partial charge is 0.341 e. The van der Waals surface area contributed by atoms with Gasteiger partial charge >= 0.3 is 11.9 Å². The van der Waals surface area contributed by atoms with Crippen LogP contribution in [0.25, 0.3) is 22.0 Å². The molecule has 44 nitrogen and oxygen atoms in total. The fourth-order valence-corrected chi connectivity index (χ4v) is 17.6. The minimum Gasteiger partial charge on any atom is -0.482 e. The van der Waals surface area contributed by atoms with E-state index in [4.69, 9.17) is 33.1 Å². The molecule has 1 aromatic heterocycles. The maximum absolute atomic E-state index is 15.5. The molecule has 0 spiro atoms. The number of aromatic nitrogens is 1. The number of carboxylic acids is 2. The van der Waals surface area contributed by atoms with Crippen LogP contribution >= 0.6 is 11.8 Å². The maximum Gasteiger partial charge on any atom is 0.341 e. The second-order valence-corrected chi connectivity index (χ2v) is 38.9. The van der Waals surface area contributed by atoms with Gasteiger partial charge in [0, 0.05) is 55.7 Å². The molecule has 2 heterocycles. The Bertz CT molecular complexity index is 5220. The van der Waals surface area contributed by atoms with Crippen LogP contribution in [-0.4, -0.2) is 280 Å². The van der Waals surface area contributed by atoms with Crippen molar-refractivity contribution >= 4 is 135 Å². The molecule has 1 saturated heterocycles. The molecule has 15 atom stereocenters. The lowest BCUT2D eigenvalue weighted by Crippen LogP contribution is -2.62. The molecule has 45 heteroatoms. The highest BCUT2D eigenvalue weighted by molar-refractivity contribution is 8.00. The fraction of sp³-hybridized carbons (Fsp3) is 0.545. The predicted octanol–water partition coefficient (Wildman–Crippen LogP) is -0.615. The SMILES string of the molecule is CC(C)C[C@H]1NC(=O)[C@H](CCCN)NC(=O)[C@H](C(C)C)NC(=O)[C@H](Cc2ccc(-c3ccccc3)cc2)NC(=O)[C@H](C(C)C)NC(=O)[C@H](Cc2c[nH]c3ccccc23)NC(=O)[C@H](CC(=O)O)NC(=O)[C@H](Cc2ccc(OCC(=O)O)cc2)NC(=O)[C@H](CCCCNC(=N)N)N(C)C(=O)CSC[C@@H](C(=O)N[C@@H](C)C(N)=O)NC(=O)[C@H](CO)NC(=O)[C@H](C(C)C)NC(=O)[C@H](CC2CCCCC2)NC(=O)[C@H](CCN)NC1=O. The third-order valence-electron chi connectivity index (χ3n) is 24.8. The van der Waals surface area contributed by atoms with Gasteiger partial charge in [0.1, 0.15) is 96.4 Å². The van der Waals surface area contributed by atoms with Gasteiger partial charge in [0.2, 0.25) is 94.5 Å². The summed E-state index contributed by atoms with van der Waals surface area (Å²) < 4.78 is 5.35. The van der Waals surface area contributed by atoms with E-state index in [0.717, 1.165) is 35.3 Å². The van der Waals surface area contributed by atoms with Crippen molar-refractivity contribution in [2.24, 2.45) is 52.5 Å². The number of aromatic amines is 1. The standard InChI is InChI=1S/C99H144N22O22S/c1-53(2)42-69-87(131)108-68(38-40-101)86(130)111-71(43-58-22-13-11-14-23-58)90(134)119-83(56(7)8)98(142)116-75(49-122)93(137)117-76(94(138)107-57(9)84(102)128)51-144-52-78(123)121(10)77(29-19-20-41-105-99(103)104)95(139)114-70(45-60-32-36-64(37-33-60)143-50-80(126)127)88(132)113-74(47-79(124)125)89(133)112-73(46-63-48-106-66-27-18-17-26-65(63)66)92(136)120-82(55(5)6)97(141)115-72(44-59-30-34-62(35-31-59)61-24-15-12-16-25-61)91(135)118-81(54(3)4)96(140)109-67(28-21-39-100)85(129)110-69/h12,15-18,24-27,30-37,48,53-58,67-77,81-83,106,122H,11,13-14,19-23,28-29,38-47,49-52,100-101H2,1-10H3,(H2,102,128)(H,107,138)(H,108,131)(H,109,140)(H,110,129)(H,111,130)(H,112,133)(H,113,132)(H,114,139)(H,115,141)(H,116,142)(H,117,137)(H,118,135)(H,119,134)(H,120,136)(H,124,125)(H,126,127)(H4,103,104,105)/t57-,67-,68-,69+,70-,71-,72-,73-,74-,75-,76-,77-,81-,82-,83-/m0/s1. The van der Waals surface area contributed by atoms with E-state index >= 15 is 33.6 Å². The lowest BCUT2D eigenvalue weighted by atomic mass is 9.84. The molecule has 4 aromatic carbocycles. The van der Waals surface area contributed by atoms with Crippen molar-refractivity contribution < 1.29 is 106 Å². The first-order chi connectivity index (χ1) is 68.4. The van der Waals surface area contributed by atoms with Crippen LogP contribution in [0.15, 0.2) is 109 Å². The van der Waals surface area contributed by atoms with Gasteiger partial charge in [-0.2, -0.15) is 0 Å². The van der Waals surface area contributed by atoms with Gasteiger partial charge in [-0.3, -0.25) is 86.9 Å². The summed E-state index contributed by atoms with van der Waals surface area (Å²) >= 11 is 0.714. The number of fused-ring (bicyclic) bond motifs is 1. The van der Waals surface area contributed by atoms with Gasteiger partial charge in [-0.05, 0) is 147 Å². The molecule has 1 aliphatic carbocycles. The molecule has 144 heavy (non-hydrogen) atoms. The molecule has 2 fully saturated rings. The second kappa shape index (κ2) is 58.7. The van der Waals surface area contributed by atoms with Crippen molar-refractivity contribution in [3.8, 4) is 16.9 Å². The third-order valence-corrected chi connectivity index (χ3v) is 25.8. The Morgan fingerprint density at radius 3 is 1.49 bits per heavy atom. The minimum atomic E-state index is -2.12. The van der Waals surface area contributed by atoms with E-state index in [1.165, 1.54) is 38.2 Å². The molecule has 0 radical (unpaired) electrons. The van der Waals surface area contributed by atoms with E-state index in [1.54, 1.807) is 110 Å². The zero-order valence-electron chi connectivity index (χ0n) is 83.2. The molecular weight excluding hydrogens is 1880 g/mol. The van der Waals surface area contributed by atoms with E-state index in [0.29, 0.717) is 46.6 Å². The van der Waals surface area contributed by atoms with Gasteiger partial charge in [-0.15, -0.1) is 11.8 Å². The quantitative estimate of drug-likeness (QED) is 0.0141. The van der Waals surface area contributed by atoms with Crippen LogP contribution in [0.3, 0.4) is 0 Å². The van der Waals surface area contributed by atoms with Crippen LogP contribution in [0.2, 0.25) is 0 Å². The number of carbonyl (C=O) groups excluding carboxylic acids is 16. The molecular formula is C99H144N22O22S. The van der Waals surface area contributed by atoms with Crippen LogP contribution in [0, 0.1) is 35.0 Å². The molecule has 16 amide bonds. The first-order valence-corrected chi connectivity index (χ1v) is 49.9. The number of nitrogens with zero attached hydrogens (tertiary/aromatic N) is 1. The lowest BCUT2D eigenvalue weighted by molar-refractivity contribution is -0.142. The number of guanidine groups is 1. The number of rotatable bonds is 33. The van der Waals surface area contributed by atoms with E-state index in [9.17, 15) is 68.1 Å². The van der Waals surface area contributed by atoms with Crippen LogP contribution in [-0.2, 0) is 106 Å². The summed E-state index contributed by atoms with van der Waals surface area (Å²) in [5.74, 6) is -23.3. The Hall–Kier alpha value is -13.8. The van der Waals surface area contributed by atoms with Crippen molar-refractivity contribution in [1.29, 1.82) is 5.41 Å². The average molecular weight is 2030 g/mol. The number of aliphatic hydroxyl groups excluding tert-OH is 1. The predicted molar refractivity (Wildman–Crippen MR) is 537 cm³/mol. The van der Waals surface area contributed by atoms with E-state index in [-0.39, 0.29) is 113 Å². The van der Waals surface area contributed by atoms with Gasteiger partial charge in [0.25, 0.3) is 0 Å². The van der Waals surface area contributed by atoms with Crippen molar-refractivity contribution in [2.45, 2.75) is 262 Å². The van der Waals surface area contributed by atoms with Crippen molar-refractivity contribution in [3.63, 3.8) is 0 Å². The number of primary amides is 1. The molecule has 1 saturated carbocycles. The van der Waals surface area contributed by atoms with Gasteiger partial charge in [0.05, 0.1) is 18.8 Å². The minimum absolute atomic E-state index is 0.0179. The summed E-state index contributed by atoms with van der Waals surface area (Å²) in [5.41, 5.74) is 26.7. The number of benzene rings is 4. The van der Waals surface area contributed by atoms with Crippen molar-refractivity contribution in [2.75, 3.05) is 51.4 Å². The number of hydrogen-bond donors (Lipinski definition) is 24. The monoisotopic (exact) mass is 2030 g/mol. The Balaban J connectivity index is 1.36. The van der Waals surface area contributed by atoms with Crippen molar-refractivity contribution in [3.05, 3.63) is 126 Å².